The number of halogens is 2. The Morgan fingerprint density at radius 1 is 1.12 bits per heavy atom. The lowest BCUT2D eigenvalue weighted by Crippen LogP contribution is -2.48. The number of anilines is 1. The minimum atomic E-state index is -0.879. The van der Waals surface area contributed by atoms with Crippen molar-refractivity contribution in [1.82, 2.24) is 15.8 Å². The molecule has 7 nitrogen and oxygen atoms in total. The normalized spacial score (nSPS) is 17.0. The molecule has 0 radical (unpaired) electrons. The molecule has 1 aromatic carbocycles. The number of rotatable bonds is 4. The first-order valence-electron chi connectivity index (χ1n) is 7.24. The summed E-state index contributed by atoms with van der Waals surface area (Å²) in [5, 5.41) is 0.621. The van der Waals surface area contributed by atoms with E-state index in [2.05, 4.69) is 15.8 Å². The molecular formula is C16H12Cl2N4O3. The highest BCUT2D eigenvalue weighted by molar-refractivity contribution is 6.35. The molecule has 0 aliphatic carbocycles. The van der Waals surface area contributed by atoms with Crippen molar-refractivity contribution < 1.29 is 14.4 Å². The number of nitrogens with one attached hydrogen (secondary N) is 2. The number of nitrogens with zero attached hydrogens (tertiary/aromatic N) is 2. The molecule has 1 saturated heterocycles. The molecule has 0 saturated carbocycles. The summed E-state index contributed by atoms with van der Waals surface area (Å²) in [6.45, 7) is 0. The molecule has 128 valence electrons. The second-order valence-electron chi connectivity index (χ2n) is 5.29. The number of aromatic nitrogens is 1. The lowest BCUT2D eigenvalue weighted by Gasteiger charge is -2.16. The number of benzene rings is 1. The van der Waals surface area contributed by atoms with Gasteiger partial charge in [-0.25, -0.2) is 10.3 Å². The van der Waals surface area contributed by atoms with Crippen molar-refractivity contribution in [3.05, 3.63) is 58.3 Å². The first kappa shape index (κ1) is 17.3. The molecule has 3 rings (SSSR count). The van der Waals surface area contributed by atoms with E-state index in [4.69, 9.17) is 23.2 Å². The van der Waals surface area contributed by atoms with E-state index in [-0.39, 0.29) is 12.1 Å². The standard InChI is InChI=1S/C16H12Cl2N4O3/c17-10-5-11(18)7-12(6-10)22-14(23)8-13(16(22)25)20-21-15(24)9-1-3-19-4-2-9/h1-7,13,20H,8H2,(H,21,24). The van der Waals surface area contributed by atoms with Crippen molar-refractivity contribution >= 4 is 46.6 Å². The van der Waals surface area contributed by atoms with Crippen LogP contribution in [0.3, 0.4) is 0 Å². The molecule has 1 aromatic heterocycles. The molecule has 2 heterocycles. The number of hydrazine groups is 1. The zero-order valence-corrected chi connectivity index (χ0v) is 14.2. The summed E-state index contributed by atoms with van der Waals surface area (Å²) >= 11 is 11.8. The fourth-order valence-corrected chi connectivity index (χ4v) is 2.93. The van der Waals surface area contributed by atoms with Crippen molar-refractivity contribution in [2.75, 3.05) is 4.90 Å². The van der Waals surface area contributed by atoms with Crippen LogP contribution in [0.1, 0.15) is 16.8 Å². The van der Waals surface area contributed by atoms with Gasteiger partial charge in [0.05, 0.1) is 12.1 Å². The summed E-state index contributed by atoms with van der Waals surface area (Å²) < 4.78 is 0. The molecule has 25 heavy (non-hydrogen) atoms. The molecule has 1 aliphatic rings. The van der Waals surface area contributed by atoms with Gasteiger partial charge in [0.1, 0.15) is 6.04 Å². The molecule has 2 aromatic rings. The Morgan fingerprint density at radius 2 is 1.76 bits per heavy atom. The first-order valence-corrected chi connectivity index (χ1v) is 8.00. The van der Waals surface area contributed by atoms with Crippen molar-refractivity contribution in [2.24, 2.45) is 0 Å². The largest absolute Gasteiger partial charge is 0.287 e. The van der Waals surface area contributed by atoms with E-state index in [0.717, 1.165) is 4.90 Å². The number of carbonyl (C=O) groups excluding carboxylic acids is 3. The third-order valence-corrected chi connectivity index (χ3v) is 3.99. The van der Waals surface area contributed by atoms with Crippen molar-refractivity contribution in [2.45, 2.75) is 12.5 Å². The molecule has 0 bridgehead atoms. The molecule has 3 amide bonds. The van der Waals surface area contributed by atoms with Gasteiger partial charge in [0.25, 0.3) is 11.8 Å². The highest BCUT2D eigenvalue weighted by Crippen LogP contribution is 2.29. The lowest BCUT2D eigenvalue weighted by atomic mass is 10.2. The van der Waals surface area contributed by atoms with Crippen LogP contribution in [0, 0.1) is 0 Å². The lowest BCUT2D eigenvalue weighted by molar-refractivity contribution is -0.121. The molecule has 1 atom stereocenters. The minimum absolute atomic E-state index is 0.0976. The van der Waals surface area contributed by atoms with Crippen LogP contribution in [0.4, 0.5) is 5.69 Å². The second-order valence-corrected chi connectivity index (χ2v) is 6.16. The van der Waals surface area contributed by atoms with Crippen LogP contribution < -0.4 is 15.8 Å². The van der Waals surface area contributed by atoms with Gasteiger partial charge in [-0.15, -0.1) is 0 Å². The zero-order valence-electron chi connectivity index (χ0n) is 12.7. The Morgan fingerprint density at radius 3 is 2.40 bits per heavy atom. The average Bonchev–Trinajstić information content (AvgIpc) is 2.86. The molecule has 2 N–H and O–H groups in total. The van der Waals surface area contributed by atoms with Gasteiger partial charge >= 0.3 is 0 Å². The third-order valence-electron chi connectivity index (χ3n) is 3.55. The Hall–Kier alpha value is -2.48. The van der Waals surface area contributed by atoms with Gasteiger partial charge in [0.2, 0.25) is 5.91 Å². The third kappa shape index (κ3) is 3.79. The van der Waals surface area contributed by atoms with Crippen molar-refractivity contribution in [3.8, 4) is 0 Å². The summed E-state index contributed by atoms with van der Waals surface area (Å²) in [7, 11) is 0. The van der Waals surface area contributed by atoms with Gasteiger partial charge < -0.3 is 0 Å². The predicted octanol–water partition coefficient (Wildman–Crippen LogP) is 1.95. The van der Waals surface area contributed by atoms with Crippen LogP contribution in [0.2, 0.25) is 10.0 Å². The van der Waals surface area contributed by atoms with Gasteiger partial charge in [-0.3, -0.25) is 24.8 Å². The number of hydrogen-bond donors (Lipinski definition) is 2. The van der Waals surface area contributed by atoms with Gasteiger partial charge in [0, 0.05) is 28.0 Å². The minimum Gasteiger partial charge on any atom is -0.287 e. The first-order chi connectivity index (χ1) is 12.0. The summed E-state index contributed by atoms with van der Waals surface area (Å²) in [6, 6.07) is 6.62. The van der Waals surface area contributed by atoms with Crippen LogP contribution in [0.5, 0.6) is 0 Å². The summed E-state index contributed by atoms with van der Waals surface area (Å²) in [4.78, 5) is 41.5. The zero-order chi connectivity index (χ0) is 18.0. The Labute approximate surface area is 152 Å². The number of hydrogen-bond acceptors (Lipinski definition) is 5. The molecule has 9 heteroatoms. The van der Waals surface area contributed by atoms with E-state index in [9.17, 15) is 14.4 Å². The second kappa shape index (κ2) is 7.18. The van der Waals surface area contributed by atoms with Crippen molar-refractivity contribution in [1.29, 1.82) is 0 Å². The highest BCUT2D eigenvalue weighted by Gasteiger charge is 2.40. The fraction of sp³-hybridized carbons (Fsp3) is 0.125. The summed E-state index contributed by atoms with van der Waals surface area (Å²) in [5.41, 5.74) is 5.67. The molecule has 1 fully saturated rings. The predicted molar refractivity (Wildman–Crippen MR) is 92.2 cm³/mol. The van der Waals surface area contributed by atoms with Crippen LogP contribution >= 0.6 is 23.2 Å². The van der Waals surface area contributed by atoms with Crippen LogP contribution in [0.25, 0.3) is 0 Å². The Bertz CT molecular complexity index is 824. The van der Waals surface area contributed by atoms with E-state index in [1.54, 1.807) is 0 Å². The van der Waals surface area contributed by atoms with Gasteiger partial charge in [-0.1, -0.05) is 23.2 Å². The maximum atomic E-state index is 12.5. The fourth-order valence-electron chi connectivity index (χ4n) is 2.41. The molecular weight excluding hydrogens is 367 g/mol. The van der Waals surface area contributed by atoms with E-state index >= 15 is 0 Å². The number of carbonyl (C=O) groups is 3. The van der Waals surface area contributed by atoms with Gasteiger partial charge in [0.15, 0.2) is 0 Å². The monoisotopic (exact) mass is 378 g/mol. The summed E-state index contributed by atoms with van der Waals surface area (Å²) in [6.07, 6.45) is 2.85. The number of amides is 3. The van der Waals surface area contributed by atoms with E-state index in [1.165, 1.54) is 42.7 Å². The Balaban J connectivity index is 1.70. The van der Waals surface area contributed by atoms with Crippen LogP contribution in [-0.2, 0) is 9.59 Å². The number of imide groups is 1. The Kier molecular flexibility index (Phi) is 4.98. The van der Waals surface area contributed by atoms with Crippen LogP contribution in [-0.4, -0.2) is 28.7 Å². The van der Waals surface area contributed by atoms with E-state index in [0.29, 0.717) is 15.6 Å². The maximum absolute atomic E-state index is 12.5. The van der Waals surface area contributed by atoms with Gasteiger partial charge in [-0.2, -0.15) is 0 Å². The van der Waals surface area contributed by atoms with Crippen molar-refractivity contribution in [3.63, 3.8) is 0 Å². The molecule has 1 unspecified atom stereocenters. The molecule has 0 spiro atoms. The summed E-state index contributed by atoms with van der Waals surface area (Å²) in [5.74, 6) is -1.36. The topological polar surface area (TPSA) is 91.4 Å². The number of pyridine rings is 1. The van der Waals surface area contributed by atoms with Gasteiger partial charge in [-0.05, 0) is 30.3 Å². The maximum Gasteiger partial charge on any atom is 0.265 e. The van der Waals surface area contributed by atoms with Crippen LogP contribution in [0.15, 0.2) is 42.7 Å². The quantitative estimate of drug-likeness (QED) is 0.626. The van der Waals surface area contributed by atoms with E-state index in [1.807, 2.05) is 0 Å². The van der Waals surface area contributed by atoms with E-state index < -0.39 is 23.8 Å². The average molecular weight is 379 g/mol. The molecule has 1 aliphatic heterocycles. The highest BCUT2D eigenvalue weighted by atomic mass is 35.5. The smallest absolute Gasteiger partial charge is 0.265 e. The SMILES string of the molecule is O=C(NNC1CC(=O)N(c2cc(Cl)cc(Cl)c2)C1=O)c1ccncc1.